The van der Waals surface area contributed by atoms with Crippen LogP contribution in [0.15, 0.2) is 30.3 Å². The van der Waals surface area contributed by atoms with Crippen LogP contribution in [0, 0.1) is 5.92 Å². The van der Waals surface area contributed by atoms with Crippen molar-refractivity contribution in [1.82, 2.24) is 4.90 Å². The van der Waals surface area contributed by atoms with Crippen molar-refractivity contribution in [3.8, 4) is 0 Å². The Morgan fingerprint density at radius 1 is 1.30 bits per heavy atom. The molecule has 1 fully saturated rings. The zero-order valence-corrected chi connectivity index (χ0v) is 10.9. The fourth-order valence-corrected chi connectivity index (χ4v) is 2.18. The van der Waals surface area contributed by atoms with Crippen LogP contribution >= 0.6 is 0 Å². The number of hydrogen-bond acceptors (Lipinski definition) is 3. The molecular formula is C14H16FNO4. The third-order valence-electron chi connectivity index (χ3n) is 3.21. The molecule has 2 atom stereocenters. The summed E-state index contributed by atoms with van der Waals surface area (Å²) in [5.41, 5.74) is 0.824. The molecule has 1 aliphatic rings. The molecule has 2 rings (SSSR count). The molecule has 6 heteroatoms. The van der Waals surface area contributed by atoms with E-state index < -0.39 is 24.2 Å². The molecule has 1 aromatic rings. The maximum Gasteiger partial charge on any atom is 0.410 e. The highest BCUT2D eigenvalue weighted by atomic mass is 19.1. The summed E-state index contributed by atoms with van der Waals surface area (Å²) in [6, 6.07) is 9.11. The molecule has 1 aliphatic heterocycles. The van der Waals surface area contributed by atoms with E-state index in [1.165, 1.54) is 0 Å². The Morgan fingerprint density at radius 2 is 2.00 bits per heavy atom. The number of nitrogens with zero attached hydrogens (tertiary/aromatic N) is 1. The van der Waals surface area contributed by atoms with Crippen molar-refractivity contribution < 1.29 is 23.8 Å². The Hall–Kier alpha value is -2.11. The van der Waals surface area contributed by atoms with E-state index in [-0.39, 0.29) is 26.1 Å². The van der Waals surface area contributed by atoms with Gasteiger partial charge in [0.15, 0.2) is 0 Å². The summed E-state index contributed by atoms with van der Waals surface area (Å²) in [4.78, 5) is 23.9. The van der Waals surface area contributed by atoms with Crippen molar-refractivity contribution in [3.63, 3.8) is 0 Å². The first kappa shape index (κ1) is 14.3. The lowest BCUT2D eigenvalue weighted by molar-refractivity contribution is -0.144. The van der Waals surface area contributed by atoms with Gasteiger partial charge < -0.3 is 14.7 Å². The predicted molar refractivity (Wildman–Crippen MR) is 68.8 cm³/mol. The van der Waals surface area contributed by atoms with Crippen LogP contribution in [0.2, 0.25) is 0 Å². The van der Waals surface area contributed by atoms with E-state index in [0.717, 1.165) is 10.5 Å². The van der Waals surface area contributed by atoms with E-state index in [1.54, 1.807) is 0 Å². The van der Waals surface area contributed by atoms with E-state index in [4.69, 9.17) is 9.84 Å². The number of amides is 1. The molecule has 20 heavy (non-hydrogen) atoms. The first-order chi connectivity index (χ1) is 9.56. The van der Waals surface area contributed by atoms with Crippen LogP contribution < -0.4 is 0 Å². The Labute approximate surface area is 116 Å². The Balaban J connectivity index is 1.90. The van der Waals surface area contributed by atoms with Gasteiger partial charge in [0, 0.05) is 6.54 Å². The highest BCUT2D eigenvalue weighted by Gasteiger charge is 2.34. The summed E-state index contributed by atoms with van der Waals surface area (Å²) in [7, 11) is 0. The van der Waals surface area contributed by atoms with Gasteiger partial charge in [-0.05, 0) is 12.0 Å². The second kappa shape index (κ2) is 6.36. The number of carboxylic acids is 1. The molecule has 1 saturated heterocycles. The number of alkyl halides is 1. The van der Waals surface area contributed by atoms with Gasteiger partial charge in [0.25, 0.3) is 0 Å². The number of carboxylic acid groups (broad SMARTS) is 1. The topological polar surface area (TPSA) is 66.8 Å². The normalized spacial score (nSPS) is 22.4. The molecule has 0 bridgehead atoms. The summed E-state index contributed by atoms with van der Waals surface area (Å²) < 4.78 is 18.5. The lowest BCUT2D eigenvalue weighted by atomic mass is 9.97. The lowest BCUT2D eigenvalue weighted by Gasteiger charge is -2.32. The predicted octanol–water partition coefficient (Wildman–Crippen LogP) is 2.07. The highest BCUT2D eigenvalue weighted by Crippen LogP contribution is 2.20. The van der Waals surface area contributed by atoms with E-state index >= 15 is 0 Å². The van der Waals surface area contributed by atoms with Gasteiger partial charge >= 0.3 is 12.1 Å². The summed E-state index contributed by atoms with van der Waals surface area (Å²) in [5.74, 6) is -1.96. The number of aliphatic carboxylic acids is 1. The number of benzene rings is 1. The second-order valence-electron chi connectivity index (χ2n) is 4.81. The van der Waals surface area contributed by atoms with Crippen molar-refractivity contribution >= 4 is 12.1 Å². The fourth-order valence-electron chi connectivity index (χ4n) is 2.18. The number of halogens is 1. The standard InChI is InChI=1S/C14H16FNO4/c15-12-6-11(13(17)18)7-16(8-12)14(19)20-9-10-4-2-1-3-5-10/h1-5,11-12H,6-9H2,(H,17,18)/t11-,12+/m0/s1. The molecule has 1 N–H and O–H groups in total. The first-order valence-corrected chi connectivity index (χ1v) is 6.38. The number of hydrogen-bond donors (Lipinski definition) is 1. The van der Waals surface area contributed by atoms with Crippen molar-refractivity contribution in [2.24, 2.45) is 5.92 Å². The molecule has 0 aromatic heterocycles. The minimum absolute atomic E-state index is 0.0105. The van der Waals surface area contributed by atoms with Gasteiger partial charge in [-0.15, -0.1) is 0 Å². The van der Waals surface area contributed by atoms with Crippen LogP contribution in [0.3, 0.4) is 0 Å². The van der Waals surface area contributed by atoms with Gasteiger partial charge in [0.1, 0.15) is 12.8 Å². The van der Waals surface area contributed by atoms with E-state index in [1.807, 2.05) is 30.3 Å². The number of carbonyl (C=O) groups excluding carboxylic acids is 1. The van der Waals surface area contributed by atoms with Gasteiger partial charge in [-0.2, -0.15) is 0 Å². The van der Waals surface area contributed by atoms with Gasteiger partial charge in [0.05, 0.1) is 12.5 Å². The van der Waals surface area contributed by atoms with Crippen LogP contribution in [-0.2, 0) is 16.1 Å². The fraction of sp³-hybridized carbons (Fsp3) is 0.429. The Kier molecular flexibility index (Phi) is 4.55. The van der Waals surface area contributed by atoms with Crippen molar-refractivity contribution in [1.29, 1.82) is 0 Å². The average molecular weight is 281 g/mol. The summed E-state index contributed by atoms with van der Waals surface area (Å²) in [6.45, 7) is -0.0361. The van der Waals surface area contributed by atoms with E-state index in [0.29, 0.717) is 0 Å². The van der Waals surface area contributed by atoms with Gasteiger partial charge in [0.2, 0.25) is 0 Å². The average Bonchev–Trinajstić information content (AvgIpc) is 2.45. The Morgan fingerprint density at radius 3 is 2.65 bits per heavy atom. The van der Waals surface area contributed by atoms with Crippen molar-refractivity contribution in [2.45, 2.75) is 19.2 Å². The minimum Gasteiger partial charge on any atom is -0.481 e. The zero-order valence-electron chi connectivity index (χ0n) is 10.9. The summed E-state index contributed by atoms with van der Waals surface area (Å²) in [5, 5.41) is 8.92. The maximum absolute atomic E-state index is 13.5. The van der Waals surface area contributed by atoms with Crippen LogP contribution in [0.5, 0.6) is 0 Å². The largest absolute Gasteiger partial charge is 0.481 e. The second-order valence-corrected chi connectivity index (χ2v) is 4.81. The molecule has 0 spiro atoms. The lowest BCUT2D eigenvalue weighted by Crippen LogP contribution is -2.47. The van der Waals surface area contributed by atoms with E-state index in [2.05, 4.69) is 0 Å². The van der Waals surface area contributed by atoms with Crippen LogP contribution in [0.25, 0.3) is 0 Å². The molecule has 0 radical (unpaired) electrons. The molecule has 1 heterocycles. The van der Waals surface area contributed by atoms with Crippen LogP contribution in [0.1, 0.15) is 12.0 Å². The van der Waals surface area contributed by atoms with Crippen LogP contribution in [-0.4, -0.2) is 41.3 Å². The van der Waals surface area contributed by atoms with Crippen molar-refractivity contribution in [3.05, 3.63) is 35.9 Å². The molecule has 0 saturated carbocycles. The smallest absolute Gasteiger partial charge is 0.410 e. The highest BCUT2D eigenvalue weighted by molar-refractivity contribution is 5.73. The number of likely N-dealkylation sites (tertiary alicyclic amines) is 1. The van der Waals surface area contributed by atoms with Crippen molar-refractivity contribution in [2.75, 3.05) is 13.1 Å². The number of carbonyl (C=O) groups is 2. The molecule has 1 amide bonds. The molecule has 0 unspecified atom stereocenters. The molecule has 0 aliphatic carbocycles. The molecule has 108 valence electrons. The molecule has 5 nitrogen and oxygen atoms in total. The van der Waals surface area contributed by atoms with Gasteiger partial charge in [-0.3, -0.25) is 4.79 Å². The zero-order chi connectivity index (χ0) is 14.5. The molecule has 1 aromatic carbocycles. The monoisotopic (exact) mass is 281 g/mol. The van der Waals surface area contributed by atoms with E-state index in [9.17, 15) is 14.0 Å². The molecular weight excluding hydrogens is 265 g/mol. The summed E-state index contributed by atoms with van der Waals surface area (Å²) in [6.07, 6.45) is -2.06. The Bertz CT molecular complexity index is 479. The quantitative estimate of drug-likeness (QED) is 0.921. The first-order valence-electron chi connectivity index (χ1n) is 6.38. The maximum atomic E-state index is 13.5. The number of ether oxygens (including phenoxy) is 1. The minimum atomic E-state index is -1.32. The number of piperidine rings is 1. The summed E-state index contributed by atoms with van der Waals surface area (Å²) >= 11 is 0. The SMILES string of the molecule is O=C(O)[C@H]1C[C@@H](F)CN(C(=O)OCc2ccccc2)C1. The number of rotatable bonds is 3. The third-order valence-corrected chi connectivity index (χ3v) is 3.21. The van der Waals surface area contributed by atoms with Crippen LogP contribution in [0.4, 0.5) is 9.18 Å². The third kappa shape index (κ3) is 3.69. The van der Waals surface area contributed by atoms with Gasteiger partial charge in [-0.1, -0.05) is 30.3 Å². The van der Waals surface area contributed by atoms with Gasteiger partial charge in [-0.25, -0.2) is 9.18 Å².